The first-order chi connectivity index (χ1) is 24.2. The Morgan fingerprint density at radius 1 is 0.765 bits per heavy atom. The molecule has 0 bridgehead atoms. The lowest BCUT2D eigenvalue weighted by atomic mass is 9.59. The summed E-state index contributed by atoms with van der Waals surface area (Å²) in [6.07, 6.45) is -0.727. The molecule has 6 N–H and O–H groups in total. The van der Waals surface area contributed by atoms with Crippen LogP contribution in [0.2, 0.25) is 0 Å². The van der Waals surface area contributed by atoms with Gasteiger partial charge in [-0.05, 0) is 60.2 Å². The molecule has 2 heterocycles. The summed E-state index contributed by atoms with van der Waals surface area (Å²) in [6.45, 7) is -0.856. The molecule has 2 aliphatic heterocycles. The number of fused-ring (bicyclic) bond motifs is 5. The molecule has 1 saturated carbocycles. The Bertz CT molecular complexity index is 2250. The maximum Gasteiger partial charge on any atom is 0.261 e. The normalized spacial score (nSPS) is 23.8. The molecule has 0 spiro atoms. The molecule has 3 aromatic carbocycles. The summed E-state index contributed by atoms with van der Waals surface area (Å²) in [4.78, 5) is 94.1. The zero-order valence-electron chi connectivity index (χ0n) is 26.5. The Labute approximate surface area is 287 Å². The largest absolute Gasteiger partial charge is 0.508 e. The van der Waals surface area contributed by atoms with Crippen molar-refractivity contribution >= 4 is 46.9 Å². The van der Waals surface area contributed by atoms with Gasteiger partial charge in [0.1, 0.15) is 22.8 Å². The predicted octanol–water partition coefficient (Wildman–Crippen LogP) is 2.02. The molecule has 0 aromatic heterocycles. The molecule has 14 nitrogen and oxygen atoms in total. The van der Waals surface area contributed by atoms with Crippen LogP contribution in [-0.2, 0) is 33.9 Å². The average Bonchev–Trinajstić information content (AvgIpc) is 3.48. The second-order valence-corrected chi connectivity index (χ2v) is 13.3. The predicted molar refractivity (Wildman–Crippen MR) is 173 cm³/mol. The fourth-order valence-electron chi connectivity index (χ4n) is 8.20. The summed E-state index contributed by atoms with van der Waals surface area (Å²) >= 11 is 0. The molecule has 5 amide bonds. The smallest absolute Gasteiger partial charge is 0.261 e. The van der Waals surface area contributed by atoms with Crippen molar-refractivity contribution in [3.8, 4) is 5.75 Å². The van der Waals surface area contributed by atoms with E-state index in [1.165, 1.54) is 30.3 Å². The van der Waals surface area contributed by atoms with Crippen molar-refractivity contribution in [2.45, 2.75) is 38.0 Å². The zero-order valence-corrected chi connectivity index (χ0v) is 26.5. The number of rotatable bonds is 5. The number of carbonyl (C=O) groups is 7. The SMILES string of the molecule is NC(=O)C1=C(O)[C@@]2(O)C(=O)C3=C(O)c4c(O)c(CN5C(=O)c6ccccc6C5=O)cc(CN5C(=O)c6ccccc6C5=O)c4C[C@H]3C[C@H]2CC1=O. The highest BCUT2D eigenvalue weighted by atomic mass is 16.3. The molecule has 256 valence electrons. The van der Waals surface area contributed by atoms with E-state index in [1.54, 1.807) is 24.3 Å². The van der Waals surface area contributed by atoms with Crippen LogP contribution in [-0.4, -0.2) is 76.9 Å². The summed E-state index contributed by atoms with van der Waals surface area (Å²) in [7, 11) is 0. The Balaban J connectivity index is 1.28. The van der Waals surface area contributed by atoms with Crippen LogP contribution in [0.4, 0.5) is 0 Å². The lowest BCUT2D eigenvalue weighted by Crippen LogP contribution is -2.58. The van der Waals surface area contributed by atoms with Crippen LogP contribution in [0.5, 0.6) is 5.75 Å². The van der Waals surface area contributed by atoms with E-state index in [4.69, 9.17) is 5.73 Å². The fourth-order valence-corrected chi connectivity index (χ4v) is 8.20. The third-order valence-corrected chi connectivity index (χ3v) is 10.6. The quantitative estimate of drug-likeness (QED) is 0.192. The van der Waals surface area contributed by atoms with Crippen LogP contribution < -0.4 is 5.73 Å². The Morgan fingerprint density at radius 2 is 1.25 bits per heavy atom. The van der Waals surface area contributed by atoms with Crippen molar-refractivity contribution in [1.29, 1.82) is 0 Å². The number of hydrogen-bond acceptors (Lipinski definition) is 11. The van der Waals surface area contributed by atoms with E-state index >= 15 is 0 Å². The second kappa shape index (κ2) is 10.8. The summed E-state index contributed by atoms with van der Waals surface area (Å²) in [5, 5.41) is 46.1. The minimum atomic E-state index is -2.79. The lowest BCUT2D eigenvalue weighted by Gasteiger charge is -2.46. The number of ketones is 2. The van der Waals surface area contributed by atoms with Gasteiger partial charge in [0.05, 0.1) is 40.9 Å². The highest BCUT2D eigenvalue weighted by Crippen LogP contribution is 2.53. The maximum atomic E-state index is 14.1. The van der Waals surface area contributed by atoms with Gasteiger partial charge in [-0.1, -0.05) is 24.3 Å². The van der Waals surface area contributed by atoms with E-state index in [9.17, 15) is 54.0 Å². The fraction of sp³-hybridized carbons (Fsp3) is 0.216. The molecular formula is C37H27N3O11. The number of imide groups is 2. The summed E-state index contributed by atoms with van der Waals surface area (Å²) in [5.74, 6) is -10.6. The second-order valence-electron chi connectivity index (χ2n) is 13.3. The van der Waals surface area contributed by atoms with Crippen LogP contribution in [0.1, 0.15) is 76.5 Å². The summed E-state index contributed by atoms with van der Waals surface area (Å²) in [6, 6.07) is 13.8. The number of phenols is 1. The third kappa shape index (κ3) is 4.22. The summed E-state index contributed by atoms with van der Waals surface area (Å²) < 4.78 is 0. The lowest BCUT2D eigenvalue weighted by molar-refractivity contribution is -0.147. The minimum Gasteiger partial charge on any atom is -0.508 e. The van der Waals surface area contributed by atoms with Crippen molar-refractivity contribution in [1.82, 2.24) is 9.80 Å². The van der Waals surface area contributed by atoms with Gasteiger partial charge in [-0.2, -0.15) is 0 Å². The number of primary amides is 1. The average molecular weight is 690 g/mol. The van der Waals surface area contributed by atoms with Gasteiger partial charge in [0.25, 0.3) is 29.5 Å². The van der Waals surface area contributed by atoms with E-state index in [0.717, 1.165) is 9.80 Å². The molecule has 51 heavy (non-hydrogen) atoms. The van der Waals surface area contributed by atoms with Gasteiger partial charge in [0.15, 0.2) is 11.4 Å². The molecule has 3 aliphatic carbocycles. The molecule has 14 heteroatoms. The molecule has 0 saturated heterocycles. The molecule has 3 aromatic rings. The Morgan fingerprint density at radius 3 is 1.75 bits per heavy atom. The van der Waals surface area contributed by atoms with Crippen LogP contribution in [0.25, 0.3) is 5.76 Å². The van der Waals surface area contributed by atoms with Crippen molar-refractivity contribution in [2.75, 3.05) is 0 Å². The van der Waals surface area contributed by atoms with E-state index < -0.39 is 99.9 Å². The highest BCUT2D eigenvalue weighted by Gasteiger charge is 2.60. The van der Waals surface area contributed by atoms with E-state index in [0.29, 0.717) is 0 Å². The Hall–Kier alpha value is -6.41. The summed E-state index contributed by atoms with van der Waals surface area (Å²) in [5.41, 5.74) is 1.92. The number of nitrogens with two attached hydrogens (primary N) is 1. The molecule has 0 radical (unpaired) electrons. The van der Waals surface area contributed by atoms with Gasteiger partial charge in [-0.15, -0.1) is 0 Å². The van der Waals surface area contributed by atoms with Gasteiger partial charge >= 0.3 is 0 Å². The Kier molecular flexibility index (Phi) is 6.74. The van der Waals surface area contributed by atoms with Gasteiger partial charge in [0.2, 0.25) is 5.78 Å². The zero-order chi connectivity index (χ0) is 36.3. The number of carbonyl (C=O) groups excluding carboxylic acids is 7. The molecular weight excluding hydrogens is 662 g/mol. The van der Waals surface area contributed by atoms with E-state index in [2.05, 4.69) is 0 Å². The van der Waals surface area contributed by atoms with Gasteiger partial charge in [-0.3, -0.25) is 43.4 Å². The molecule has 0 unspecified atom stereocenters. The number of amides is 5. The first-order valence-corrected chi connectivity index (χ1v) is 16.0. The van der Waals surface area contributed by atoms with Crippen molar-refractivity contribution < 1.29 is 54.0 Å². The monoisotopic (exact) mass is 689 g/mol. The number of Topliss-reactive ketones (excluding diaryl/α,β-unsaturated/α-hetero) is 2. The van der Waals surface area contributed by atoms with Crippen molar-refractivity contribution in [3.63, 3.8) is 0 Å². The standard InChI is InChI=1S/C37H27N3O11/c38-32(46)27-24(41)12-18-10-15-11-23-16(13-39-33(47)19-5-1-2-6-20(19)34(39)48)9-17(14-40-35(49)21-7-3-4-8-22(21)36(40)50)28(42)26(23)29(43)25(15)30(44)37(18,51)31(27)45/h1-9,15,18,42-43,45,51H,10-14H2,(H2,38,46)/t15-,18+,37+/m1/s1. The van der Waals surface area contributed by atoms with Gasteiger partial charge < -0.3 is 26.2 Å². The number of phenolic OH excluding ortho intramolecular Hbond substituents is 1. The van der Waals surface area contributed by atoms with Crippen LogP contribution in [0, 0.1) is 11.8 Å². The number of aliphatic hydroxyl groups is 3. The van der Waals surface area contributed by atoms with Crippen molar-refractivity contribution in [2.24, 2.45) is 17.6 Å². The van der Waals surface area contributed by atoms with Gasteiger partial charge in [-0.25, -0.2) is 0 Å². The number of aliphatic hydroxyl groups excluding tert-OH is 2. The van der Waals surface area contributed by atoms with E-state index in [1.807, 2.05) is 0 Å². The highest BCUT2D eigenvalue weighted by molar-refractivity contribution is 6.23. The first-order valence-electron chi connectivity index (χ1n) is 16.0. The van der Waals surface area contributed by atoms with Crippen LogP contribution >= 0.6 is 0 Å². The van der Waals surface area contributed by atoms with Crippen LogP contribution in [0.15, 0.2) is 71.5 Å². The van der Waals surface area contributed by atoms with Crippen molar-refractivity contribution in [3.05, 3.63) is 116 Å². The topological polar surface area (TPSA) is 233 Å². The maximum absolute atomic E-state index is 14.1. The number of nitrogens with zero attached hydrogens (tertiary/aromatic N) is 2. The third-order valence-electron chi connectivity index (χ3n) is 10.6. The molecule has 5 aliphatic rings. The van der Waals surface area contributed by atoms with Gasteiger partial charge in [0, 0.05) is 23.5 Å². The first kappa shape index (κ1) is 31.8. The van der Waals surface area contributed by atoms with Crippen LogP contribution in [0.3, 0.4) is 0 Å². The minimum absolute atomic E-state index is 0.0673. The molecule has 3 atom stereocenters. The molecule has 8 rings (SSSR count). The number of benzene rings is 3. The van der Waals surface area contributed by atoms with E-state index in [-0.39, 0.29) is 63.9 Å². The number of hydrogen-bond donors (Lipinski definition) is 5. The molecule has 1 fully saturated rings. The number of aromatic hydroxyl groups is 1.